The molecule has 0 saturated carbocycles. The predicted molar refractivity (Wildman–Crippen MR) is 83.1 cm³/mol. The molecule has 1 aliphatic rings. The van der Waals surface area contributed by atoms with Gasteiger partial charge in [-0.3, -0.25) is 4.79 Å². The molecule has 0 radical (unpaired) electrons. The first-order valence-corrected chi connectivity index (χ1v) is 7.45. The normalized spacial score (nSPS) is 17.0. The van der Waals surface area contributed by atoms with Gasteiger partial charge in [0.1, 0.15) is 0 Å². The monoisotopic (exact) mass is 316 g/mol. The highest BCUT2D eigenvalue weighted by atomic mass is 19.4. The summed E-state index contributed by atoms with van der Waals surface area (Å²) < 4.78 is 37.8. The Labute approximate surface area is 132 Å². The lowest BCUT2D eigenvalue weighted by atomic mass is 9.98. The van der Waals surface area contributed by atoms with Gasteiger partial charge in [0.05, 0.1) is 5.56 Å². The number of ketones is 1. The Morgan fingerprint density at radius 3 is 2.30 bits per heavy atom. The average Bonchev–Trinajstić information content (AvgIpc) is 2.67. The topological polar surface area (TPSA) is 17.1 Å². The van der Waals surface area contributed by atoms with Gasteiger partial charge < -0.3 is 0 Å². The third-order valence-electron chi connectivity index (χ3n) is 4.02. The number of alkyl halides is 3. The number of hydrogen-bond acceptors (Lipinski definition) is 1. The van der Waals surface area contributed by atoms with E-state index in [1.54, 1.807) is 6.08 Å². The summed E-state index contributed by atoms with van der Waals surface area (Å²) >= 11 is 0. The fraction of sp³-hybridized carbons (Fsp3) is 0.211. The number of benzene rings is 2. The summed E-state index contributed by atoms with van der Waals surface area (Å²) in [5.41, 5.74) is 2.31. The maximum absolute atomic E-state index is 12.6. The van der Waals surface area contributed by atoms with E-state index in [9.17, 15) is 18.0 Å². The van der Waals surface area contributed by atoms with Gasteiger partial charge in [-0.05, 0) is 48.6 Å². The molecule has 2 aromatic carbocycles. The van der Waals surface area contributed by atoms with Gasteiger partial charge in [0.25, 0.3) is 0 Å². The Kier molecular flexibility index (Phi) is 4.07. The molecule has 4 heteroatoms. The molecule has 0 amide bonds. The molecule has 1 aliphatic carbocycles. The van der Waals surface area contributed by atoms with Crippen LogP contribution in [-0.2, 0) is 12.6 Å². The Morgan fingerprint density at radius 2 is 1.61 bits per heavy atom. The minimum absolute atomic E-state index is 0.0296. The van der Waals surface area contributed by atoms with Crippen LogP contribution < -0.4 is 0 Å². The zero-order valence-electron chi connectivity index (χ0n) is 12.4. The van der Waals surface area contributed by atoms with Crippen molar-refractivity contribution in [3.63, 3.8) is 0 Å². The van der Waals surface area contributed by atoms with Crippen LogP contribution in [0.3, 0.4) is 0 Å². The number of Topliss-reactive ketones (excluding diaryl/α,β-unsaturated/α-hetero) is 1. The molecule has 3 rings (SSSR count). The summed E-state index contributed by atoms with van der Waals surface area (Å²) in [6.07, 6.45) is -0.316. The van der Waals surface area contributed by atoms with E-state index in [1.165, 1.54) is 12.1 Å². The maximum Gasteiger partial charge on any atom is 0.416 e. The van der Waals surface area contributed by atoms with E-state index in [0.717, 1.165) is 30.5 Å². The molecule has 0 N–H and O–H groups in total. The quantitative estimate of drug-likeness (QED) is 0.515. The van der Waals surface area contributed by atoms with Crippen molar-refractivity contribution < 1.29 is 18.0 Å². The van der Waals surface area contributed by atoms with Crippen LogP contribution in [0.25, 0.3) is 6.08 Å². The van der Waals surface area contributed by atoms with E-state index in [4.69, 9.17) is 0 Å². The van der Waals surface area contributed by atoms with Gasteiger partial charge in [0, 0.05) is 11.1 Å². The standard InChI is InChI=1S/C19H15F3O/c20-19(21,22)16-10-8-13(9-11-16)12-15-6-3-5-14-4-1-2-7-17(14)18(15)23/h1-2,4,7-12H,3,5-6H2/b15-12-. The summed E-state index contributed by atoms with van der Waals surface area (Å²) in [6.45, 7) is 0. The number of aryl methyl sites for hydroxylation is 1. The average molecular weight is 316 g/mol. The van der Waals surface area contributed by atoms with Crippen LogP contribution in [0.2, 0.25) is 0 Å². The first-order chi connectivity index (χ1) is 10.9. The number of carbonyl (C=O) groups excluding carboxylic acids is 1. The molecule has 0 unspecified atom stereocenters. The van der Waals surface area contributed by atoms with Crippen molar-refractivity contribution in [2.24, 2.45) is 0 Å². The molecule has 118 valence electrons. The number of carbonyl (C=O) groups is 1. The van der Waals surface area contributed by atoms with E-state index < -0.39 is 11.7 Å². The first kappa shape index (κ1) is 15.5. The van der Waals surface area contributed by atoms with Gasteiger partial charge in [-0.2, -0.15) is 13.2 Å². The number of rotatable bonds is 1. The van der Waals surface area contributed by atoms with E-state index in [2.05, 4.69) is 0 Å². The molecule has 23 heavy (non-hydrogen) atoms. The summed E-state index contributed by atoms with van der Waals surface area (Å²) in [7, 11) is 0. The Balaban J connectivity index is 1.92. The van der Waals surface area contributed by atoms with Crippen LogP contribution in [-0.4, -0.2) is 5.78 Å². The molecule has 0 bridgehead atoms. The molecular formula is C19H15F3O. The highest BCUT2D eigenvalue weighted by Gasteiger charge is 2.29. The second-order valence-corrected chi connectivity index (χ2v) is 5.63. The smallest absolute Gasteiger partial charge is 0.289 e. The predicted octanol–water partition coefficient (Wildman–Crippen LogP) is 5.31. The molecule has 2 aromatic rings. The molecule has 0 spiro atoms. The van der Waals surface area contributed by atoms with Crippen molar-refractivity contribution in [3.8, 4) is 0 Å². The van der Waals surface area contributed by atoms with Crippen LogP contribution in [0.4, 0.5) is 13.2 Å². The highest BCUT2D eigenvalue weighted by Crippen LogP contribution is 2.30. The van der Waals surface area contributed by atoms with Gasteiger partial charge >= 0.3 is 6.18 Å². The molecule has 1 nitrogen and oxygen atoms in total. The third kappa shape index (κ3) is 3.36. The van der Waals surface area contributed by atoms with Crippen LogP contribution >= 0.6 is 0 Å². The van der Waals surface area contributed by atoms with Gasteiger partial charge in [0.2, 0.25) is 0 Å². The summed E-state index contributed by atoms with van der Waals surface area (Å²) in [6, 6.07) is 12.4. The van der Waals surface area contributed by atoms with Crippen LogP contribution in [0, 0.1) is 0 Å². The lowest BCUT2D eigenvalue weighted by Crippen LogP contribution is -2.05. The number of halogens is 3. The van der Waals surface area contributed by atoms with Gasteiger partial charge in [-0.25, -0.2) is 0 Å². The second kappa shape index (κ2) is 6.03. The molecule has 0 saturated heterocycles. The fourth-order valence-corrected chi connectivity index (χ4v) is 2.82. The van der Waals surface area contributed by atoms with Gasteiger partial charge in [-0.1, -0.05) is 36.4 Å². The van der Waals surface area contributed by atoms with Crippen molar-refractivity contribution in [2.45, 2.75) is 25.4 Å². The molecule has 0 fully saturated rings. The van der Waals surface area contributed by atoms with Crippen molar-refractivity contribution in [1.29, 1.82) is 0 Å². The first-order valence-electron chi connectivity index (χ1n) is 7.45. The summed E-state index contributed by atoms with van der Waals surface area (Å²) in [5.74, 6) is -0.0296. The Morgan fingerprint density at radius 1 is 0.913 bits per heavy atom. The largest absolute Gasteiger partial charge is 0.416 e. The van der Waals surface area contributed by atoms with Gasteiger partial charge in [0.15, 0.2) is 5.78 Å². The van der Waals surface area contributed by atoms with Crippen LogP contribution in [0.15, 0.2) is 54.1 Å². The highest BCUT2D eigenvalue weighted by molar-refractivity contribution is 6.12. The van der Waals surface area contributed by atoms with E-state index in [0.29, 0.717) is 23.1 Å². The lowest BCUT2D eigenvalue weighted by molar-refractivity contribution is -0.137. The zero-order chi connectivity index (χ0) is 16.4. The summed E-state index contributed by atoms with van der Waals surface area (Å²) in [5, 5.41) is 0. The van der Waals surface area contributed by atoms with Crippen molar-refractivity contribution >= 4 is 11.9 Å². The third-order valence-corrected chi connectivity index (χ3v) is 4.02. The maximum atomic E-state index is 12.6. The zero-order valence-corrected chi connectivity index (χ0v) is 12.4. The van der Waals surface area contributed by atoms with E-state index in [1.807, 2.05) is 24.3 Å². The molecular weight excluding hydrogens is 301 g/mol. The Hall–Kier alpha value is -2.36. The molecule has 0 atom stereocenters. The minimum atomic E-state index is -4.34. The Bertz CT molecular complexity index is 755. The molecule has 0 aliphatic heterocycles. The van der Waals surface area contributed by atoms with Crippen LogP contribution in [0.1, 0.15) is 39.9 Å². The molecule has 0 aromatic heterocycles. The second-order valence-electron chi connectivity index (χ2n) is 5.63. The summed E-state index contributed by atoms with van der Waals surface area (Å²) in [4.78, 5) is 12.6. The van der Waals surface area contributed by atoms with Crippen molar-refractivity contribution in [3.05, 3.63) is 76.4 Å². The lowest BCUT2D eigenvalue weighted by Gasteiger charge is -2.07. The van der Waals surface area contributed by atoms with E-state index in [-0.39, 0.29) is 5.78 Å². The van der Waals surface area contributed by atoms with Crippen molar-refractivity contribution in [2.75, 3.05) is 0 Å². The van der Waals surface area contributed by atoms with Crippen molar-refractivity contribution in [1.82, 2.24) is 0 Å². The van der Waals surface area contributed by atoms with E-state index >= 15 is 0 Å². The number of fused-ring (bicyclic) bond motifs is 1. The van der Waals surface area contributed by atoms with Crippen LogP contribution in [0.5, 0.6) is 0 Å². The minimum Gasteiger partial charge on any atom is -0.289 e. The number of allylic oxidation sites excluding steroid dienone is 1. The van der Waals surface area contributed by atoms with Gasteiger partial charge in [-0.15, -0.1) is 0 Å². The fourth-order valence-electron chi connectivity index (χ4n) is 2.82. The SMILES string of the molecule is O=C1/C(=C\c2ccc(C(F)(F)F)cc2)CCCc2ccccc21. The number of hydrogen-bond donors (Lipinski definition) is 0. The molecule has 0 heterocycles.